The lowest BCUT2D eigenvalue weighted by molar-refractivity contribution is -0.140. The van der Waals surface area contributed by atoms with E-state index in [0.29, 0.717) is 11.1 Å². The minimum atomic E-state index is -0.822. The summed E-state index contributed by atoms with van der Waals surface area (Å²) in [6.45, 7) is 1.74. The van der Waals surface area contributed by atoms with Gasteiger partial charge in [0.15, 0.2) is 0 Å². The van der Waals surface area contributed by atoms with Crippen molar-refractivity contribution in [1.82, 2.24) is 9.88 Å². The van der Waals surface area contributed by atoms with Crippen LogP contribution in [0.1, 0.15) is 28.3 Å². The lowest BCUT2D eigenvalue weighted by atomic mass is 9.95. The summed E-state index contributed by atoms with van der Waals surface area (Å²) in [5, 5.41) is 11.0. The molecule has 1 saturated heterocycles. The minimum absolute atomic E-state index is 0.0699. The van der Waals surface area contributed by atoms with Crippen LogP contribution < -0.4 is 0 Å². The van der Waals surface area contributed by atoms with Crippen molar-refractivity contribution in [2.45, 2.75) is 19.5 Å². The summed E-state index contributed by atoms with van der Waals surface area (Å²) in [6, 6.07) is 14.1. The Hall–Kier alpha value is -3.32. The second-order valence-corrected chi connectivity index (χ2v) is 8.22. The van der Waals surface area contributed by atoms with E-state index in [2.05, 4.69) is 20.9 Å². The summed E-state index contributed by atoms with van der Waals surface area (Å²) in [6.07, 6.45) is 3.24. The van der Waals surface area contributed by atoms with Crippen molar-refractivity contribution in [3.63, 3.8) is 0 Å². The molecule has 1 amide bonds. The smallest absolute Gasteiger partial charge is 0.295 e. The molecule has 3 aromatic rings. The van der Waals surface area contributed by atoms with E-state index < -0.39 is 29.3 Å². The average molecular weight is 481 g/mol. The molecule has 1 unspecified atom stereocenters. The van der Waals surface area contributed by atoms with Crippen molar-refractivity contribution in [2.75, 3.05) is 0 Å². The third-order valence-electron chi connectivity index (χ3n) is 5.25. The molecule has 0 spiro atoms. The highest BCUT2D eigenvalue weighted by molar-refractivity contribution is 9.10. The number of pyridine rings is 1. The highest BCUT2D eigenvalue weighted by Gasteiger charge is 2.46. The van der Waals surface area contributed by atoms with Gasteiger partial charge in [0.2, 0.25) is 0 Å². The summed E-state index contributed by atoms with van der Waals surface area (Å²) < 4.78 is 15.0. The Balaban J connectivity index is 1.87. The fourth-order valence-corrected chi connectivity index (χ4v) is 3.88. The van der Waals surface area contributed by atoms with E-state index in [-0.39, 0.29) is 17.7 Å². The molecule has 2 heterocycles. The number of hydrogen-bond donors (Lipinski definition) is 1. The van der Waals surface area contributed by atoms with Gasteiger partial charge in [-0.05, 0) is 47.9 Å². The van der Waals surface area contributed by atoms with E-state index in [1.54, 1.807) is 55.7 Å². The Morgan fingerprint density at radius 1 is 1.16 bits per heavy atom. The molecule has 1 aliphatic rings. The van der Waals surface area contributed by atoms with Gasteiger partial charge in [0.05, 0.1) is 11.6 Å². The molecule has 4 rings (SSSR count). The topological polar surface area (TPSA) is 70.5 Å². The quantitative estimate of drug-likeness (QED) is 0.327. The summed E-state index contributed by atoms with van der Waals surface area (Å²) in [5.41, 5.74) is 1.88. The molecule has 1 atom stereocenters. The summed E-state index contributed by atoms with van der Waals surface area (Å²) in [7, 11) is 0. The van der Waals surface area contributed by atoms with Crippen molar-refractivity contribution >= 4 is 33.4 Å². The van der Waals surface area contributed by atoms with Crippen molar-refractivity contribution in [2.24, 2.45) is 0 Å². The lowest BCUT2D eigenvalue weighted by Crippen LogP contribution is -2.29. The van der Waals surface area contributed by atoms with E-state index in [0.717, 1.165) is 16.1 Å². The maximum atomic E-state index is 14.1. The van der Waals surface area contributed by atoms with Crippen LogP contribution in [0.3, 0.4) is 0 Å². The van der Waals surface area contributed by atoms with Gasteiger partial charge < -0.3 is 10.0 Å². The number of nitrogens with zero attached hydrogens (tertiary/aromatic N) is 2. The Morgan fingerprint density at radius 3 is 2.55 bits per heavy atom. The normalized spacial score (nSPS) is 17.9. The van der Waals surface area contributed by atoms with E-state index in [1.165, 1.54) is 17.0 Å². The summed E-state index contributed by atoms with van der Waals surface area (Å²) in [5.74, 6) is -2.45. The van der Waals surface area contributed by atoms with Crippen molar-refractivity contribution in [1.29, 1.82) is 0 Å². The number of aliphatic hydroxyl groups excluding tert-OH is 1. The number of aromatic nitrogens is 1. The largest absolute Gasteiger partial charge is 0.507 e. The fourth-order valence-electron chi connectivity index (χ4n) is 3.62. The molecule has 5 nitrogen and oxygen atoms in total. The van der Waals surface area contributed by atoms with Gasteiger partial charge in [0, 0.05) is 29.0 Å². The van der Waals surface area contributed by atoms with E-state index in [4.69, 9.17) is 0 Å². The van der Waals surface area contributed by atoms with E-state index >= 15 is 0 Å². The van der Waals surface area contributed by atoms with E-state index in [9.17, 15) is 19.1 Å². The number of aliphatic hydroxyl groups is 1. The number of halogens is 2. The van der Waals surface area contributed by atoms with Crippen molar-refractivity contribution < 1.29 is 19.1 Å². The molecular formula is C24H18BrFN2O3. The zero-order valence-corrected chi connectivity index (χ0v) is 18.1. The van der Waals surface area contributed by atoms with Gasteiger partial charge in [-0.1, -0.05) is 46.3 Å². The number of carbonyl (C=O) groups is 2. The van der Waals surface area contributed by atoms with Gasteiger partial charge in [0.1, 0.15) is 11.6 Å². The first kappa shape index (κ1) is 20.9. The number of benzene rings is 2. The molecule has 0 radical (unpaired) electrons. The van der Waals surface area contributed by atoms with Crippen LogP contribution in [-0.2, 0) is 16.1 Å². The number of likely N-dealkylation sites (tertiary alicyclic amines) is 1. The third kappa shape index (κ3) is 4.01. The van der Waals surface area contributed by atoms with Crippen LogP contribution in [0.15, 0.2) is 77.0 Å². The van der Waals surface area contributed by atoms with Crippen LogP contribution in [0.25, 0.3) is 5.76 Å². The number of aryl methyl sites for hydroxylation is 1. The van der Waals surface area contributed by atoms with Gasteiger partial charge in [-0.3, -0.25) is 14.6 Å². The molecule has 1 aromatic heterocycles. The Bertz CT molecular complexity index is 1190. The molecule has 1 N–H and O–H groups in total. The predicted molar refractivity (Wildman–Crippen MR) is 117 cm³/mol. The number of ketones is 1. The van der Waals surface area contributed by atoms with Gasteiger partial charge in [0.25, 0.3) is 11.7 Å². The molecule has 0 bridgehead atoms. The highest BCUT2D eigenvalue weighted by atomic mass is 79.9. The summed E-state index contributed by atoms with van der Waals surface area (Å²) in [4.78, 5) is 31.4. The number of rotatable bonds is 4. The van der Waals surface area contributed by atoms with Crippen LogP contribution >= 0.6 is 15.9 Å². The highest BCUT2D eigenvalue weighted by Crippen LogP contribution is 2.40. The van der Waals surface area contributed by atoms with Crippen LogP contribution in [0, 0.1) is 12.7 Å². The van der Waals surface area contributed by atoms with Crippen LogP contribution in [0.5, 0.6) is 0 Å². The zero-order valence-electron chi connectivity index (χ0n) is 16.5. The number of carbonyl (C=O) groups excluding carboxylic acids is 2. The number of amides is 1. The monoisotopic (exact) mass is 480 g/mol. The second kappa shape index (κ2) is 8.43. The first-order valence-electron chi connectivity index (χ1n) is 9.56. The maximum absolute atomic E-state index is 14.1. The molecule has 2 aromatic carbocycles. The Morgan fingerprint density at radius 2 is 1.90 bits per heavy atom. The molecule has 1 fully saturated rings. The predicted octanol–water partition coefficient (Wildman–Crippen LogP) is 4.91. The SMILES string of the molecule is Cc1ccc(C(O)=C2C(=O)C(=O)N(Cc3cccnc3)C2c2ccc(Br)cc2)cc1F. The molecular weight excluding hydrogens is 463 g/mol. The van der Waals surface area contributed by atoms with E-state index in [1.807, 2.05) is 0 Å². The maximum Gasteiger partial charge on any atom is 0.295 e. The lowest BCUT2D eigenvalue weighted by Gasteiger charge is -2.25. The van der Waals surface area contributed by atoms with Crippen molar-refractivity contribution in [3.8, 4) is 0 Å². The van der Waals surface area contributed by atoms with Gasteiger partial charge in [-0.25, -0.2) is 4.39 Å². The Kier molecular flexibility index (Phi) is 5.69. The fraction of sp³-hybridized carbons (Fsp3) is 0.125. The van der Waals surface area contributed by atoms with Crippen molar-refractivity contribution in [3.05, 3.63) is 105 Å². The first-order chi connectivity index (χ1) is 14.9. The molecule has 31 heavy (non-hydrogen) atoms. The van der Waals surface area contributed by atoms with Crippen LogP contribution in [-0.4, -0.2) is 26.7 Å². The average Bonchev–Trinajstić information content (AvgIpc) is 3.01. The molecule has 0 saturated carbocycles. The third-order valence-corrected chi connectivity index (χ3v) is 5.78. The minimum Gasteiger partial charge on any atom is -0.507 e. The molecule has 156 valence electrons. The Labute approximate surface area is 187 Å². The molecule has 1 aliphatic heterocycles. The first-order valence-corrected chi connectivity index (χ1v) is 10.4. The number of hydrogen-bond acceptors (Lipinski definition) is 4. The standard InChI is InChI=1S/C24H18BrFN2O3/c1-14-4-5-17(11-19(14)26)22(29)20-21(16-6-8-18(25)9-7-16)28(24(31)23(20)30)13-15-3-2-10-27-12-15/h2-12,21,29H,13H2,1H3. The summed E-state index contributed by atoms with van der Waals surface area (Å²) >= 11 is 3.38. The molecule has 0 aliphatic carbocycles. The van der Waals surface area contributed by atoms with Gasteiger partial charge in [-0.15, -0.1) is 0 Å². The molecule has 7 heteroatoms. The van der Waals surface area contributed by atoms with Gasteiger partial charge in [-0.2, -0.15) is 0 Å². The second-order valence-electron chi connectivity index (χ2n) is 7.30. The van der Waals surface area contributed by atoms with Crippen LogP contribution in [0.4, 0.5) is 4.39 Å². The van der Waals surface area contributed by atoms with Crippen LogP contribution in [0.2, 0.25) is 0 Å². The number of Topliss-reactive ketones (excluding diaryl/α,β-unsaturated/α-hetero) is 1. The zero-order chi connectivity index (χ0) is 22.1. The van der Waals surface area contributed by atoms with Gasteiger partial charge >= 0.3 is 0 Å².